The summed E-state index contributed by atoms with van der Waals surface area (Å²) >= 11 is 0. The number of nitrogens with one attached hydrogen (secondary N) is 1. The van der Waals surface area contributed by atoms with E-state index in [1.165, 1.54) is 13.4 Å². The summed E-state index contributed by atoms with van der Waals surface area (Å²) in [5.74, 6) is 1.31. The van der Waals surface area contributed by atoms with Crippen molar-refractivity contribution >= 4 is 9.84 Å². The molecule has 0 amide bonds. The number of ether oxygens (including phenoxy) is 2. The average molecular weight is 299 g/mol. The van der Waals surface area contributed by atoms with E-state index in [4.69, 9.17) is 9.47 Å². The highest BCUT2D eigenvalue weighted by Crippen LogP contribution is 2.38. The molecule has 0 spiro atoms. The molecule has 20 heavy (non-hydrogen) atoms. The van der Waals surface area contributed by atoms with Crippen molar-refractivity contribution in [1.82, 2.24) is 5.32 Å². The Balaban J connectivity index is 2.52. The maximum absolute atomic E-state index is 11.8. The second-order valence-electron chi connectivity index (χ2n) is 5.06. The van der Waals surface area contributed by atoms with E-state index >= 15 is 0 Å². The van der Waals surface area contributed by atoms with E-state index in [2.05, 4.69) is 5.32 Å². The van der Waals surface area contributed by atoms with Crippen LogP contribution in [0.4, 0.5) is 0 Å². The summed E-state index contributed by atoms with van der Waals surface area (Å²) in [6.45, 7) is 1.90. The lowest BCUT2D eigenvalue weighted by Gasteiger charge is -2.25. The summed E-state index contributed by atoms with van der Waals surface area (Å²) in [6.07, 6.45) is 3.33. The van der Waals surface area contributed by atoms with E-state index in [9.17, 15) is 8.42 Å². The molecular weight excluding hydrogens is 278 g/mol. The molecule has 1 aromatic rings. The third-order valence-corrected chi connectivity index (χ3v) is 4.77. The molecule has 2 rings (SSSR count). The molecule has 1 aromatic carbocycles. The quantitative estimate of drug-likeness (QED) is 0.914. The second kappa shape index (κ2) is 6.01. The maximum Gasteiger partial charge on any atom is 0.179 e. The van der Waals surface area contributed by atoms with E-state index in [-0.39, 0.29) is 4.90 Å². The predicted octanol–water partition coefficient (Wildman–Crippen LogP) is 1.57. The van der Waals surface area contributed by atoms with E-state index < -0.39 is 9.84 Å². The smallest absolute Gasteiger partial charge is 0.179 e. The van der Waals surface area contributed by atoms with E-state index in [0.29, 0.717) is 17.4 Å². The summed E-state index contributed by atoms with van der Waals surface area (Å²) in [5, 5.41) is 3.35. The van der Waals surface area contributed by atoms with Gasteiger partial charge < -0.3 is 14.8 Å². The van der Waals surface area contributed by atoms with Gasteiger partial charge in [-0.3, -0.25) is 0 Å². The van der Waals surface area contributed by atoms with Crippen LogP contribution in [-0.2, 0) is 9.84 Å². The fraction of sp³-hybridized carbons (Fsp3) is 0.571. The Morgan fingerprint density at radius 1 is 1.20 bits per heavy atom. The van der Waals surface area contributed by atoms with Crippen LogP contribution < -0.4 is 14.8 Å². The summed E-state index contributed by atoms with van der Waals surface area (Å²) in [6, 6.07) is 3.37. The molecule has 1 N–H and O–H groups in total. The van der Waals surface area contributed by atoms with Crippen LogP contribution in [0.15, 0.2) is 17.0 Å². The van der Waals surface area contributed by atoms with Gasteiger partial charge in [0.05, 0.1) is 14.2 Å². The van der Waals surface area contributed by atoms with Gasteiger partial charge in [0.15, 0.2) is 9.84 Å². The predicted molar refractivity (Wildman–Crippen MR) is 77.5 cm³/mol. The van der Waals surface area contributed by atoms with Crippen molar-refractivity contribution in [3.8, 4) is 11.5 Å². The third-order valence-electron chi connectivity index (χ3n) is 3.65. The number of methoxy groups -OCH3 is 2. The zero-order chi connectivity index (χ0) is 14.8. The normalized spacial score (nSPS) is 19.6. The van der Waals surface area contributed by atoms with Crippen molar-refractivity contribution in [2.75, 3.05) is 33.6 Å². The van der Waals surface area contributed by atoms with Crippen molar-refractivity contribution in [3.63, 3.8) is 0 Å². The van der Waals surface area contributed by atoms with Crippen molar-refractivity contribution in [3.05, 3.63) is 17.7 Å². The lowest BCUT2D eigenvalue weighted by atomic mass is 9.91. The van der Waals surface area contributed by atoms with Crippen molar-refractivity contribution in [2.24, 2.45) is 0 Å². The summed E-state index contributed by atoms with van der Waals surface area (Å²) in [5.41, 5.74) is 1.00. The van der Waals surface area contributed by atoms with Gasteiger partial charge in [0.1, 0.15) is 16.4 Å². The SMILES string of the molecule is COc1cc(S(C)(=O)=O)c(OC)cc1C1CCCNC1. The lowest BCUT2D eigenvalue weighted by molar-refractivity contribution is 0.377. The van der Waals surface area contributed by atoms with Gasteiger partial charge in [0.2, 0.25) is 0 Å². The molecule has 1 fully saturated rings. The number of benzene rings is 1. The maximum atomic E-state index is 11.8. The Labute approximate surface area is 120 Å². The first-order valence-electron chi connectivity index (χ1n) is 6.64. The van der Waals surface area contributed by atoms with Gasteiger partial charge in [0.25, 0.3) is 0 Å². The summed E-state index contributed by atoms with van der Waals surface area (Å²) in [7, 11) is -0.298. The highest BCUT2D eigenvalue weighted by molar-refractivity contribution is 7.90. The van der Waals surface area contributed by atoms with E-state index in [1.807, 2.05) is 0 Å². The number of hydrogen-bond donors (Lipinski definition) is 1. The molecule has 1 atom stereocenters. The fourth-order valence-electron chi connectivity index (χ4n) is 2.62. The standard InChI is InChI=1S/C14H21NO4S/c1-18-12-8-14(20(3,16)17)13(19-2)7-11(12)10-5-4-6-15-9-10/h7-8,10,15H,4-6,9H2,1-3H3. The van der Waals surface area contributed by atoms with Crippen molar-refractivity contribution in [2.45, 2.75) is 23.7 Å². The van der Waals surface area contributed by atoms with Gasteiger partial charge in [0, 0.05) is 30.3 Å². The number of hydrogen-bond acceptors (Lipinski definition) is 5. The van der Waals surface area contributed by atoms with Crippen LogP contribution in [-0.4, -0.2) is 42.0 Å². The van der Waals surface area contributed by atoms with Gasteiger partial charge in [-0.15, -0.1) is 0 Å². The molecule has 0 saturated carbocycles. The largest absolute Gasteiger partial charge is 0.496 e. The number of piperidine rings is 1. The minimum Gasteiger partial charge on any atom is -0.496 e. The molecule has 5 nitrogen and oxygen atoms in total. The monoisotopic (exact) mass is 299 g/mol. The van der Waals surface area contributed by atoms with Gasteiger partial charge in [-0.25, -0.2) is 8.42 Å². The Kier molecular flexibility index (Phi) is 4.55. The van der Waals surface area contributed by atoms with Gasteiger partial charge in [-0.2, -0.15) is 0 Å². The molecule has 1 unspecified atom stereocenters. The molecule has 1 saturated heterocycles. The lowest BCUT2D eigenvalue weighted by Crippen LogP contribution is -2.28. The van der Waals surface area contributed by atoms with Crippen LogP contribution in [0, 0.1) is 0 Å². The van der Waals surface area contributed by atoms with E-state index in [0.717, 1.165) is 31.5 Å². The Hall–Kier alpha value is -1.27. The van der Waals surface area contributed by atoms with E-state index in [1.54, 1.807) is 19.2 Å². The Morgan fingerprint density at radius 2 is 1.90 bits per heavy atom. The molecule has 0 bridgehead atoms. The Morgan fingerprint density at radius 3 is 2.40 bits per heavy atom. The molecule has 1 aliphatic rings. The first kappa shape index (κ1) is 15.1. The molecule has 1 aliphatic heterocycles. The van der Waals surface area contributed by atoms with Gasteiger partial charge in [-0.05, 0) is 25.5 Å². The van der Waals surface area contributed by atoms with Gasteiger partial charge in [-0.1, -0.05) is 0 Å². The number of rotatable bonds is 4. The second-order valence-corrected chi connectivity index (χ2v) is 7.04. The summed E-state index contributed by atoms with van der Waals surface area (Å²) < 4.78 is 34.3. The zero-order valence-electron chi connectivity index (χ0n) is 12.1. The van der Waals surface area contributed by atoms with Crippen LogP contribution in [0.25, 0.3) is 0 Å². The molecule has 112 valence electrons. The summed E-state index contributed by atoms with van der Waals surface area (Å²) in [4.78, 5) is 0.171. The molecule has 6 heteroatoms. The minimum absolute atomic E-state index is 0.171. The molecule has 0 radical (unpaired) electrons. The minimum atomic E-state index is -3.35. The average Bonchev–Trinajstić information content (AvgIpc) is 2.45. The molecule has 1 heterocycles. The van der Waals surface area contributed by atoms with Crippen LogP contribution in [0.1, 0.15) is 24.3 Å². The highest BCUT2D eigenvalue weighted by atomic mass is 32.2. The molecule has 0 aromatic heterocycles. The fourth-order valence-corrected chi connectivity index (χ4v) is 3.45. The first-order valence-corrected chi connectivity index (χ1v) is 8.53. The molecular formula is C14H21NO4S. The van der Waals surface area contributed by atoms with Crippen molar-refractivity contribution < 1.29 is 17.9 Å². The topological polar surface area (TPSA) is 64.6 Å². The molecule has 0 aliphatic carbocycles. The third kappa shape index (κ3) is 3.07. The van der Waals surface area contributed by atoms with Crippen LogP contribution in [0.2, 0.25) is 0 Å². The Bertz CT molecular complexity index is 577. The highest BCUT2D eigenvalue weighted by Gasteiger charge is 2.24. The van der Waals surface area contributed by atoms with Crippen LogP contribution >= 0.6 is 0 Å². The number of sulfone groups is 1. The van der Waals surface area contributed by atoms with Crippen molar-refractivity contribution in [1.29, 1.82) is 0 Å². The van der Waals surface area contributed by atoms with Gasteiger partial charge >= 0.3 is 0 Å². The van der Waals surface area contributed by atoms with Crippen LogP contribution in [0.5, 0.6) is 11.5 Å². The van der Waals surface area contributed by atoms with Crippen LogP contribution in [0.3, 0.4) is 0 Å². The zero-order valence-corrected chi connectivity index (χ0v) is 12.9. The first-order chi connectivity index (χ1) is 9.47.